The van der Waals surface area contributed by atoms with Gasteiger partial charge in [-0.3, -0.25) is 0 Å². The molecule has 0 aliphatic heterocycles. The van der Waals surface area contributed by atoms with E-state index in [9.17, 15) is 0 Å². The summed E-state index contributed by atoms with van der Waals surface area (Å²) in [5.74, 6) is 0. The van der Waals surface area contributed by atoms with Crippen LogP contribution in [0.15, 0.2) is 0 Å². The van der Waals surface area contributed by atoms with Crippen molar-refractivity contribution in [1.82, 2.24) is 0 Å². The number of hydrogen-bond acceptors (Lipinski definition) is 1. The lowest BCUT2D eigenvalue weighted by atomic mass is 10.2. The molecule has 1 atom stereocenters. The van der Waals surface area contributed by atoms with E-state index in [2.05, 4.69) is 13.8 Å². The number of rotatable bonds is 5. The fourth-order valence-electron chi connectivity index (χ4n) is 0.730. The Morgan fingerprint density at radius 1 is 1.44 bits per heavy atom. The third kappa shape index (κ3) is 6.59. The summed E-state index contributed by atoms with van der Waals surface area (Å²) in [6.45, 7) is 4.43. The molecule has 0 amide bonds. The van der Waals surface area contributed by atoms with E-state index in [1.165, 1.54) is 25.7 Å². The van der Waals surface area contributed by atoms with Crippen LogP contribution >= 0.6 is 22.5 Å². The molecule has 2 heteroatoms. The lowest BCUT2D eigenvalue weighted by Gasteiger charge is -2.03. The number of hydrogen-bond donors (Lipinski definition) is 0. The molecular formula is C7H15S2. The van der Waals surface area contributed by atoms with Crippen molar-refractivity contribution in [2.75, 3.05) is 0 Å². The zero-order valence-electron chi connectivity index (χ0n) is 6.22. The van der Waals surface area contributed by atoms with Gasteiger partial charge >= 0.3 is 0 Å². The molecule has 1 radical (unpaired) electrons. The van der Waals surface area contributed by atoms with Crippen LogP contribution in [0.25, 0.3) is 0 Å². The molecule has 0 aromatic rings. The molecule has 0 aliphatic rings. The van der Waals surface area contributed by atoms with E-state index in [0.717, 1.165) is 0 Å². The van der Waals surface area contributed by atoms with Gasteiger partial charge in [-0.25, -0.2) is 0 Å². The van der Waals surface area contributed by atoms with Gasteiger partial charge in [0.25, 0.3) is 0 Å². The highest BCUT2D eigenvalue weighted by Gasteiger charge is 1.97. The quantitative estimate of drug-likeness (QED) is 0.439. The first kappa shape index (κ1) is 9.70. The largest absolute Gasteiger partial charge is 0.0786 e. The van der Waals surface area contributed by atoms with Crippen LogP contribution in [-0.4, -0.2) is 5.25 Å². The van der Waals surface area contributed by atoms with Crippen molar-refractivity contribution < 1.29 is 0 Å². The average Bonchev–Trinajstić information content (AvgIpc) is 1.89. The van der Waals surface area contributed by atoms with E-state index in [-0.39, 0.29) is 0 Å². The van der Waals surface area contributed by atoms with Crippen LogP contribution in [0.5, 0.6) is 0 Å². The van der Waals surface area contributed by atoms with Crippen molar-refractivity contribution in [2.45, 2.75) is 44.8 Å². The summed E-state index contributed by atoms with van der Waals surface area (Å²) in [5.41, 5.74) is 0. The van der Waals surface area contributed by atoms with Gasteiger partial charge in [0.15, 0.2) is 0 Å². The summed E-state index contributed by atoms with van der Waals surface area (Å²) >= 11 is 4.84. The predicted molar refractivity (Wildman–Crippen MR) is 48.8 cm³/mol. The maximum Gasteiger partial charge on any atom is 0.0131 e. The Balaban J connectivity index is 2.88. The van der Waals surface area contributed by atoms with Gasteiger partial charge in [0, 0.05) is 5.25 Å². The van der Waals surface area contributed by atoms with Gasteiger partial charge in [-0.15, -0.1) is 0 Å². The molecule has 0 aromatic carbocycles. The van der Waals surface area contributed by atoms with Crippen LogP contribution in [0.1, 0.15) is 39.5 Å². The zero-order valence-corrected chi connectivity index (χ0v) is 7.86. The summed E-state index contributed by atoms with van der Waals surface area (Å²) in [4.78, 5) is 0. The predicted octanol–water partition coefficient (Wildman–Crippen LogP) is 3.80. The third-order valence-electron chi connectivity index (χ3n) is 1.38. The van der Waals surface area contributed by atoms with Crippen LogP contribution in [0.2, 0.25) is 0 Å². The standard InChI is InChI=1S/C7H15S2/c1-3-4-5-6-7(2)9-8/h7H,3-6H2,1-2H3. The molecule has 1 unspecified atom stereocenters. The molecule has 9 heavy (non-hydrogen) atoms. The van der Waals surface area contributed by atoms with Gasteiger partial charge in [-0.05, 0) is 18.1 Å². The van der Waals surface area contributed by atoms with Crippen molar-refractivity contribution in [3.63, 3.8) is 0 Å². The highest BCUT2D eigenvalue weighted by Crippen LogP contribution is 2.19. The maximum atomic E-state index is 4.84. The Hall–Kier alpha value is 0.700. The molecule has 0 spiro atoms. The Bertz CT molecular complexity index is 54.9. The van der Waals surface area contributed by atoms with E-state index in [1.54, 1.807) is 10.8 Å². The molecular weight excluding hydrogens is 148 g/mol. The Morgan fingerprint density at radius 2 is 2.11 bits per heavy atom. The van der Waals surface area contributed by atoms with Crippen LogP contribution in [0.4, 0.5) is 0 Å². The molecule has 0 nitrogen and oxygen atoms in total. The molecule has 0 bridgehead atoms. The first-order valence-electron chi connectivity index (χ1n) is 3.60. The van der Waals surface area contributed by atoms with Crippen molar-refractivity contribution in [3.8, 4) is 0 Å². The van der Waals surface area contributed by atoms with Crippen LogP contribution in [0.3, 0.4) is 0 Å². The fraction of sp³-hybridized carbons (Fsp3) is 1.00. The molecule has 0 heterocycles. The Morgan fingerprint density at radius 3 is 2.56 bits per heavy atom. The first-order valence-corrected chi connectivity index (χ1v) is 5.40. The van der Waals surface area contributed by atoms with Gasteiger partial charge in [-0.2, -0.15) is 0 Å². The van der Waals surface area contributed by atoms with Gasteiger partial charge in [0.2, 0.25) is 0 Å². The molecule has 55 valence electrons. The summed E-state index contributed by atoms with van der Waals surface area (Å²) in [7, 11) is 1.56. The number of unbranched alkanes of at least 4 members (excludes halogenated alkanes) is 2. The second kappa shape index (κ2) is 6.81. The second-order valence-corrected chi connectivity index (χ2v) is 3.98. The van der Waals surface area contributed by atoms with Gasteiger partial charge in [0.05, 0.1) is 0 Å². The lowest BCUT2D eigenvalue weighted by Crippen LogP contribution is -1.91. The summed E-state index contributed by atoms with van der Waals surface area (Å²) in [5, 5.41) is 0.687. The van der Waals surface area contributed by atoms with Crippen molar-refractivity contribution in [3.05, 3.63) is 0 Å². The normalized spacial score (nSPS) is 13.7. The van der Waals surface area contributed by atoms with E-state index >= 15 is 0 Å². The molecule has 0 aliphatic carbocycles. The van der Waals surface area contributed by atoms with Gasteiger partial charge in [0.1, 0.15) is 0 Å². The minimum atomic E-state index is 0.687. The average molecular weight is 163 g/mol. The maximum absolute atomic E-state index is 4.84. The van der Waals surface area contributed by atoms with Crippen LogP contribution in [-0.2, 0) is 0 Å². The van der Waals surface area contributed by atoms with Crippen molar-refractivity contribution in [2.24, 2.45) is 0 Å². The zero-order chi connectivity index (χ0) is 7.11. The topological polar surface area (TPSA) is 0 Å². The van der Waals surface area contributed by atoms with Crippen LogP contribution in [0, 0.1) is 0 Å². The molecule has 0 saturated carbocycles. The second-order valence-electron chi connectivity index (χ2n) is 2.40. The van der Waals surface area contributed by atoms with E-state index < -0.39 is 0 Å². The highest BCUT2D eigenvalue weighted by atomic mass is 33.1. The molecule has 0 fully saturated rings. The third-order valence-corrected chi connectivity index (χ3v) is 2.93. The van der Waals surface area contributed by atoms with Crippen LogP contribution < -0.4 is 0 Å². The molecule has 0 N–H and O–H groups in total. The van der Waals surface area contributed by atoms with Gasteiger partial charge in [-0.1, -0.05) is 43.9 Å². The monoisotopic (exact) mass is 163 g/mol. The lowest BCUT2D eigenvalue weighted by molar-refractivity contribution is 0.666. The van der Waals surface area contributed by atoms with E-state index in [0.29, 0.717) is 5.25 Å². The summed E-state index contributed by atoms with van der Waals surface area (Å²) in [6.07, 6.45) is 5.32. The van der Waals surface area contributed by atoms with Gasteiger partial charge < -0.3 is 0 Å². The van der Waals surface area contributed by atoms with E-state index in [1.807, 2.05) is 0 Å². The first-order chi connectivity index (χ1) is 4.31. The minimum absolute atomic E-state index is 0.687. The van der Waals surface area contributed by atoms with E-state index in [4.69, 9.17) is 11.7 Å². The Kier molecular flexibility index (Phi) is 7.34. The SMILES string of the molecule is CCCCCC(C)S[S]. The molecule has 0 saturated heterocycles. The molecule has 0 rings (SSSR count). The van der Waals surface area contributed by atoms with Crippen molar-refractivity contribution in [1.29, 1.82) is 0 Å². The van der Waals surface area contributed by atoms with Crippen molar-refractivity contribution >= 4 is 22.5 Å². The minimum Gasteiger partial charge on any atom is -0.0786 e. The smallest absolute Gasteiger partial charge is 0.0131 e. The Labute approximate surface area is 67.6 Å². The summed E-state index contributed by atoms with van der Waals surface area (Å²) in [6, 6.07) is 0. The molecule has 0 aromatic heterocycles. The highest BCUT2D eigenvalue weighted by molar-refractivity contribution is 8.68. The fourth-order valence-corrected chi connectivity index (χ4v) is 1.28. The summed E-state index contributed by atoms with van der Waals surface area (Å²) < 4.78 is 0.